The van der Waals surface area contributed by atoms with Crippen molar-refractivity contribution < 1.29 is 31.8 Å². The molecule has 134 valence electrons. The van der Waals surface area contributed by atoms with Gasteiger partial charge in [-0.25, -0.2) is 8.42 Å². The Morgan fingerprint density at radius 2 is 2.08 bits per heavy atom. The number of ether oxygens (including phenoxy) is 1. The smallest absolute Gasteiger partial charge is 0.387 e. The van der Waals surface area contributed by atoms with Crippen molar-refractivity contribution in [3.8, 4) is 5.75 Å². The predicted molar refractivity (Wildman–Crippen MR) is 81.8 cm³/mol. The second kappa shape index (κ2) is 7.20. The van der Waals surface area contributed by atoms with Gasteiger partial charge in [-0.1, -0.05) is 11.6 Å². The Kier molecular flexibility index (Phi) is 5.67. The van der Waals surface area contributed by atoms with Crippen molar-refractivity contribution >= 4 is 27.6 Å². The number of piperidine rings is 1. The average Bonchev–Trinajstić information content (AvgIpc) is 2.48. The van der Waals surface area contributed by atoms with Crippen LogP contribution in [0.25, 0.3) is 0 Å². The van der Waals surface area contributed by atoms with Gasteiger partial charge in [0, 0.05) is 17.6 Å². The van der Waals surface area contributed by atoms with Crippen molar-refractivity contribution in [2.24, 2.45) is 5.92 Å². The third-order valence-electron chi connectivity index (χ3n) is 3.88. The van der Waals surface area contributed by atoms with Crippen molar-refractivity contribution in [1.82, 2.24) is 4.31 Å². The molecule has 1 aromatic carbocycles. The number of aliphatic carboxylic acids is 1. The fraction of sp³-hybridized carbons (Fsp3) is 0.500. The highest BCUT2D eigenvalue weighted by Gasteiger charge is 2.39. The Morgan fingerprint density at radius 3 is 2.67 bits per heavy atom. The summed E-state index contributed by atoms with van der Waals surface area (Å²) in [4.78, 5) is 10.7. The van der Waals surface area contributed by atoms with Crippen LogP contribution in [-0.4, -0.2) is 43.0 Å². The molecule has 0 aliphatic carbocycles. The molecule has 0 spiro atoms. The molecule has 6 nitrogen and oxygen atoms in total. The molecule has 0 radical (unpaired) electrons. The Bertz CT molecular complexity index is 728. The van der Waals surface area contributed by atoms with Gasteiger partial charge in [-0.2, -0.15) is 13.1 Å². The van der Waals surface area contributed by atoms with Gasteiger partial charge >= 0.3 is 12.6 Å². The molecule has 0 saturated carbocycles. The van der Waals surface area contributed by atoms with E-state index in [1.807, 2.05) is 0 Å². The summed E-state index contributed by atoms with van der Waals surface area (Å²) in [6.07, 6.45) is 0.695. The molecular formula is C14H16ClF2NO5S. The quantitative estimate of drug-likeness (QED) is 0.845. The van der Waals surface area contributed by atoms with Crippen LogP contribution in [0.4, 0.5) is 8.78 Å². The van der Waals surface area contributed by atoms with Crippen LogP contribution < -0.4 is 4.74 Å². The molecule has 1 saturated heterocycles. The maximum Gasteiger partial charge on any atom is 0.387 e. The molecule has 1 aromatic rings. The lowest BCUT2D eigenvalue weighted by Gasteiger charge is -2.35. The topological polar surface area (TPSA) is 83.9 Å². The van der Waals surface area contributed by atoms with Crippen LogP contribution in [-0.2, 0) is 14.8 Å². The van der Waals surface area contributed by atoms with Crippen LogP contribution in [0.3, 0.4) is 0 Å². The minimum Gasteiger partial charge on any atom is -0.481 e. The second-order valence-electron chi connectivity index (χ2n) is 5.51. The molecular weight excluding hydrogens is 368 g/mol. The minimum atomic E-state index is -4.25. The summed E-state index contributed by atoms with van der Waals surface area (Å²) in [5.74, 6) is -2.48. The zero-order valence-electron chi connectivity index (χ0n) is 12.7. The fourth-order valence-corrected chi connectivity index (χ4v) is 4.71. The van der Waals surface area contributed by atoms with Gasteiger partial charge in [-0.3, -0.25) is 4.79 Å². The molecule has 2 rings (SSSR count). The van der Waals surface area contributed by atoms with Gasteiger partial charge in [0.1, 0.15) is 10.6 Å². The van der Waals surface area contributed by atoms with Crippen LogP contribution in [0.5, 0.6) is 5.75 Å². The number of rotatable bonds is 5. The van der Waals surface area contributed by atoms with Crippen molar-refractivity contribution in [2.75, 3.05) is 6.54 Å². The normalized spacial score (nSPS) is 22.5. The number of benzene rings is 1. The number of halogens is 3. The molecule has 0 amide bonds. The molecule has 1 aliphatic rings. The number of carboxylic acid groups (broad SMARTS) is 1. The number of nitrogens with zero attached hydrogens (tertiary/aromatic N) is 1. The number of carbonyl (C=O) groups is 1. The Morgan fingerprint density at radius 1 is 1.42 bits per heavy atom. The summed E-state index contributed by atoms with van der Waals surface area (Å²) in [5, 5.41) is 9.17. The number of hydrogen-bond acceptors (Lipinski definition) is 4. The highest BCUT2D eigenvalue weighted by molar-refractivity contribution is 7.89. The minimum absolute atomic E-state index is 0.0367. The SMILES string of the molecule is CC1CCC(C(=O)O)CN1S(=O)(=O)c1cc(Cl)ccc1OC(F)F. The van der Waals surface area contributed by atoms with E-state index < -0.39 is 45.2 Å². The molecule has 10 heteroatoms. The molecule has 1 aliphatic heterocycles. The second-order valence-corrected chi connectivity index (χ2v) is 7.80. The van der Waals surface area contributed by atoms with Crippen molar-refractivity contribution in [3.63, 3.8) is 0 Å². The first kappa shape index (κ1) is 18.9. The van der Waals surface area contributed by atoms with E-state index >= 15 is 0 Å². The van der Waals surface area contributed by atoms with E-state index in [-0.39, 0.29) is 11.6 Å². The molecule has 0 aromatic heterocycles. The van der Waals surface area contributed by atoms with E-state index in [0.29, 0.717) is 12.8 Å². The Hall–Kier alpha value is -1.45. The predicted octanol–water partition coefficient (Wildman–Crippen LogP) is 2.82. The highest BCUT2D eigenvalue weighted by Crippen LogP contribution is 2.34. The molecule has 2 atom stereocenters. The zero-order chi connectivity index (χ0) is 18.1. The number of sulfonamides is 1. The average molecular weight is 384 g/mol. The molecule has 1 N–H and O–H groups in total. The van der Waals surface area contributed by atoms with E-state index in [1.165, 1.54) is 6.07 Å². The maximum absolute atomic E-state index is 12.9. The van der Waals surface area contributed by atoms with Gasteiger partial charge in [-0.15, -0.1) is 0 Å². The highest BCUT2D eigenvalue weighted by atomic mass is 35.5. The Labute approximate surface area is 143 Å². The fourth-order valence-electron chi connectivity index (χ4n) is 2.61. The summed E-state index contributed by atoms with van der Waals surface area (Å²) in [6, 6.07) is 2.83. The lowest BCUT2D eigenvalue weighted by Crippen LogP contribution is -2.47. The van der Waals surface area contributed by atoms with Crippen molar-refractivity contribution in [3.05, 3.63) is 23.2 Å². The van der Waals surface area contributed by atoms with E-state index in [9.17, 15) is 22.0 Å². The van der Waals surface area contributed by atoms with E-state index in [2.05, 4.69) is 4.74 Å². The van der Waals surface area contributed by atoms with Crippen LogP contribution >= 0.6 is 11.6 Å². The number of alkyl halides is 2. The number of hydrogen-bond donors (Lipinski definition) is 1. The summed E-state index contributed by atoms with van der Waals surface area (Å²) in [7, 11) is -4.25. The van der Waals surface area contributed by atoms with Crippen molar-refractivity contribution in [1.29, 1.82) is 0 Å². The molecule has 24 heavy (non-hydrogen) atoms. The zero-order valence-corrected chi connectivity index (χ0v) is 14.2. The standard InChI is InChI=1S/C14H16ClF2NO5S/c1-8-2-3-9(13(19)20)7-18(8)24(21,22)12-6-10(15)4-5-11(12)23-14(16)17/h4-6,8-9,14H,2-3,7H2,1H3,(H,19,20). The van der Waals surface area contributed by atoms with Crippen LogP contribution in [0, 0.1) is 5.92 Å². The first-order valence-electron chi connectivity index (χ1n) is 7.12. The first-order chi connectivity index (χ1) is 11.1. The summed E-state index contributed by atoms with van der Waals surface area (Å²) in [5.41, 5.74) is 0. The maximum atomic E-state index is 12.9. The van der Waals surface area contributed by atoms with Gasteiger partial charge in [0.25, 0.3) is 0 Å². The van der Waals surface area contributed by atoms with E-state index in [0.717, 1.165) is 16.4 Å². The Balaban J connectivity index is 2.45. The van der Waals surface area contributed by atoms with Crippen LogP contribution in [0.2, 0.25) is 5.02 Å². The van der Waals surface area contributed by atoms with E-state index in [4.69, 9.17) is 16.7 Å². The van der Waals surface area contributed by atoms with E-state index in [1.54, 1.807) is 6.92 Å². The third-order valence-corrected chi connectivity index (χ3v) is 6.12. The molecule has 1 heterocycles. The number of carboxylic acids is 1. The van der Waals surface area contributed by atoms with Crippen molar-refractivity contribution in [2.45, 2.75) is 37.3 Å². The molecule has 1 fully saturated rings. The van der Waals surface area contributed by atoms with Crippen LogP contribution in [0.15, 0.2) is 23.1 Å². The molecule has 0 bridgehead atoms. The lowest BCUT2D eigenvalue weighted by molar-refractivity contribution is -0.143. The lowest BCUT2D eigenvalue weighted by atomic mass is 9.96. The van der Waals surface area contributed by atoms with Gasteiger partial charge in [0.2, 0.25) is 10.0 Å². The van der Waals surface area contributed by atoms with Crippen LogP contribution in [0.1, 0.15) is 19.8 Å². The van der Waals surface area contributed by atoms with Gasteiger partial charge in [0.15, 0.2) is 0 Å². The summed E-state index contributed by atoms with van der Waals surface area (Å²) in [6.45, 7) is -1.81. The van der Waals surface area contributed by atoms with Gasteiger partial charge in [-0.05, 0) is 38.0 Å². The monoisotopic (exact) mass is 383 g/mol. The largest absolute Gasteiger partial charge is 0.481 e. The molecule has 2 unspecified atom stereocenters. The van der Waals surface area contributed by atoms with Gasteiger partial charge in [0.05, 0.1) is 5.92 Å². The summed E-state index contributed by atoms with van der Waals surface area (Å²) >= 11 is 5.79. The first-order valence-corrected chi connectivity index (χ1v) is 8.93. The third kappa shape index (κ3) is 3.96. The van der Waals surface area contributed by atoms with Gasteiger partial charge < -0.3 is 9.84 Å². The summed E-state index contributed by atoms with van der Waals surface area (Å²) < 4.78 is 56.1.